The van der Waals surface area contributed by atoms with Crippen molar-refractivity contribution < 1.29 is 63.6 Å². The molecule has 266 valence electrons. The van der Waals surface area contributed by atoms with Crippen LogP contribution in [0.4, 0.5) is 0 Å². The molecule has 0 aliphatic heterocycles. The maximum Gasteiger partial charge on any atom is 0.328 e. The predicted octanol–water partition coefficient (Wildman–Crippen LogP) is -6.27. The third kappa shape index (κ3) is 16.3. The van der Waals surface area contributed by atoms with Crippen LogP contribution in [0.5, 0.6) is 0 Å². The molecule has 6 atom stereocenters. The lowest BCUT2D eigenvalue weighted by molar-refractivity contribution is -0.144. The van der Waals surface area contributed by atoms with Gasteiger partial charge in [0.25, 0.3) is 0 Å². The number of aliphatic carboxylic acids is 2. The fourth-order valence-electron chi connectivity index (χ4n) is 3.78. The van der Waals surface area contributed by atoms with Crippen LogP contribution < -0.4 is 43.4 Å². The lowest BCUT2D eigenvalue weighted by Crippen LogP contribution is -2.60. The van der Waals surface area contributed by atoms with Gasteiger partial charge >= 0.3 is 11.9 Å². The number of hydrogen-bond acceptors (Lipinski definition) is 12. The molecule has 0 spiro atoms. The van der Waals surface area contributed by atoms with Gasteiger partial charge in [-0.1, -0.05) is 13.8 Å². The molecule has 21 nitrogen and oxygen atoms in total. The summed E-state index contributed by atoms with van der Waals surface area (Å²) in [6.45, 7) is 2.18. The first-order valence-electron chi connectivity index (χ1n) is 14.3. The zero-order valence-electron chi connectivity index (χ0n) is 26.1. The largest absolute Gasteiger partial charge is 0.481 e. The summed E-state index contributed by atoms with van der Waals surface area (Å²) in [6.07, 6.45) is -2.03. The first-order chi connectivity index (χ1) is 21.9. The van der Waals surface area contributed by atoms with Crippen molar-refractivity contribution in [1.82, 2.24) is 31.9 Å². The van der Waals surface area contributed by atoms with E-state index < -0.39 is 129 Å². The van der Waals surface area contributed by atoms with Crippen LogP contribution in [0.25, 0.3) is 0 Å². The third-order valence-corrected chi connectivity index (χ3v) is 6.23. The van der Waals surface area contributed by atoms with Crippen LogP contribution in [-0.2, 0) is 43.2 Å². The van der Waals surface area contributed by atoms with Crippen molar-refractivity contribution in [3.05, 3.63) is 0 Å². The number of carbonyl (C=O) groups excluding carboxylic acids is 7. The number of rotatable bonds is 22. The Bertz CT molecular complexity index is 1170. The van der Waals surface area contributed by atoms with E-state index in [0.29, 0.717) is 0 Å². The van der Waals surface area contributed by atoms with Crippen molar-refractivity contribution in [2.24, 2.45) is 17.4 Å². The van der Waals surface area contributed by atoms with E-state index in [-0.39, 0.29) is 12.3 Å². The van der Waals surface area contributed by atoms with Gasteiger partial charge in [-0.3, -0.25) is 38.4 Å². The first kappa shape index (κ1) is 42.1. The Morgan fingerprint density at radius 3 is 1.53 bits per heavy atom. The number of aliphatic hydroxyl groups excluding tert-OH is 2. The smallest absolute Gasteiger partial charge is 0.328 e. The van der Waals surface area contributed by atoms with E-state index in [9.17, 15) is 53.4 Å². The highest BCUT2D eigenvalue weighted by Crippen LogP contribution is 2.08. The zero-order valence-corrected chi connectivity index (χ0v) is 26.1. The molecule has 0 aromatic rings. The summed E-state index contributed by atoms with van der Waals surface area (Å²) < 4.78 is 0. The van der Waals surface area contributed by atoms with Gasteiger partial charge in [0.1, 0.15) is 36.3 Å². The van der Waals surface area contributed by atoms with E-state index in [1.54, 1.807) is 13.8 Å². The number of carboxylic acids is 2. The Morgan fingerprint density at radius 1 is 0.617 bits per heavy atom. The summed E-state index contributed by atoms with van der Waals surface area (Å²) in [6, 6.07) is -9.42. The molecule has 0 aromatic carbocycles. The highest BCUT2D eigenvalue weighted by molar-refractivity contribution is 5.98. The molecule has 0 rings (SSSR count). The first-order valence-corrected chi connectivity index (χ1v) is 14.3. The molecule has 0 aliphatic rings. The van der Waals surface area contributed by atoms with Crippen molar-refractivity contribution in [1.29, 1.82) is 0 Å². The van der Waals surface area contributed by atoms with Crippen molar-refractivity contribution in [2.45, 2.75) is 82.7 Å². The van der Waals surface area contributed by atoms with Crippen molar-refractivity contribution >= 4 is 53.3 Å². The number of nitrogens with two attached hydrogens (primary N) is 2. The van der Waals surface area contributed by atoms with Gasteiger partial charge in [-0.25, -0.2) is 4.79 Å². The summed E-state index contributed by atoms with van der Waals surface area (Å²) in [7, 11) is 0. The maximum absolute atomic E-state index is 13.3. The van der Waals surface area contributed by atoms with Gasteiger partial charge in [0.15, 0.2) is 0 Å². The molecule has 0 heterocycles. The molecule has 0 saturated heterocycles. The molecule has 0 radical (unpaired) electrons. The van der Waals surface area contributed by atoms with Gasteiger partial charge in [0, 0.05) is 6.42 Å². The van der Waals surface area contributed by atoms with Crippen LogP contribution in [0.15, 0.2) is 0 Å². The number of aliphatic hydroxyl groups is 2. The summed E-state index contributed by atoms with van der Waals surface area (Å²) in [4.78, 5) is 110. The van der Waals surface area contributed by atoms with E-state index in [4.69, 9.17) is 21.7 Å². The van der Waals surface area contributed by atoms with E-state index >= 15 is 0 Å². The van der Waals surface area contributed by atoms with Crippen molar-refractivity contribution in [2.75, 3.05) is 19.8 Å². The topological polar surface area (TPSA) is 359 Å². The fourth-order valence-corrected chi connectivity index (χ4v) is 3.78. The van der Waals surface area contributed by atoms with Gasteiger partial charge in [0.05, 0.1) is 26.2 Å². The average molecular weight is 677 g/mol. The van der Waals surface area contributed by atoms with Gasteiger partial charge < -0.3 is 63.8 Å². The van der Waals surface area contributed by atoms with Crippen LogP contribution in [0.3, 0.4) is 0 Å². The van der Waals surface area contributed by atoms with Gasteiger partial charge in [-0.05, 0) is 25.7 Å². The zero-order chi connectivity index (χ0) is 36.4. The van der Waals surface area contributed by atoms with E-state index in [1.807, 2.05) is 5.32 Å². The molecule has 0 aromatic heterocycles. The average Bonchev–Trinajstić information content (AvgIpc) is 2.98. The molecule has 0 bridgehead atoms. The molecule has 7 amide bonds. The van der Waals surface area contributed by atoms with E-state index in [1.165, 1.54) is 6.92 Å². The third-order valence-electron chi connectivity index (χ3n) is 6.23. The van der Waals surface area contributed by atoms with Crippen molar-refractivity contribution in [3.8, 4) is 0 Å². The molecule has 0 aliphatic carbocycles. The number of primary amides is 1. The molecule has 0 fully saturated rings. The lowest BCUT2D eigenvalue weighted by Gasteiger charge is -2.27. The van der Waals surface area contributed by atoms with Gasteiger partial charge in [-0.2, -0.15) is 0 Å². The Labute approximate surface area is 268 Å². The Kier molecular flexibility index (Phi) is 18.8. The normalized spacial score (nSPS) is 14.6. The van der Waals surface area contributed by atoms with Crippen LogP contribution >= 0.6 is 0 Å². The van der Waals surface area contributed by atoms with Gasteiger partial charge in [0.2, 0.25) is 41.4 Å². The van der Waals surface area contributed by atoms with Gasteiger partial charge in [-0.15, -0.1) is 0 Å². The molecule has 21 heteroatoms. The van der Waals surface area contributed by atoms with Crippen LogP contribution in [-0.4, -0.2) is 130 Å². The Balaban J connectivity index is 5.98. The van der Waals surface area contributed by atoms with E-state index in [2.05, 4.69) is 26.6 Å². The fraction of sp³-hybridized carbons (Fsp3) is 0.654. The summed E-state index contributed by atoms with van der Waals surface area (Å²) in [5.41, 5.74) is 10.4. The minimum absolute atomic E-state index is 0.0851. The van der Waals surface area contributed by atoms with E-state index in [0.717, 1.165) is 0 Å². The number of carbonyl (C=O) groups is 9. The number of nitrogens with one attached hydrogen (secondary N) is 6. The minimum Gasteiger partial charge on any atom is -0.481 e. The summed E-state index contributed by atoms with van der Waals surface area (Å²) >= 11 is 0. The lowest BCUT2D eigenvalue weighted by atomic mass is 10.0. The highest BCUT2D eigenvalue weighted by Gasteiger charge is 2.33. The second-order valence-corrected chi connectivity index (χ2v) is 10.7. The maximum atomic E-state index is 13.3. The second-order valence-electron chi connectivity index (χ2n) is 10.7. The molecule has 0 saturated carbocycles. The second kappa shape index (κ2) is 21.0. The van der Waals surface area contributed by atoms with Crippen LogP contribution in [0.1, 0.15) is 46.5 Å². The molecule has 47 heavy (non-hydrogen) atoms. The molecule has 0 unspecified atom stereocenters. The summed E-state index contributed by atoms with van der Waals surface area (Å²) in [5.74, 6) is -10.3. The number of amides is 7. The summed E-state index contributed by atoms with van der Waals surface area (Å²) in [5, 5.41) is 50.1. The Morgan fingerprint density at radius 2 is 1.06 bits per heavy atom. The van der Waals surface area contributed by atoms with Crippen molar-refractivity contribution in [3.63, 3.8) is 0 Å². The molecular formula is C26H44N8O13. The molecular weight excluding hydrogens is 632 g/mol. The van der Waals surface area contributed by atoms with Crippen LogP contribution in [0, 0.1) is 5.92 Å². The highest BCUT2D eigenvalue weighted by atomic mass is 16.4. The number of carboxylic acid groups (broad SMARTS) is 2. The predicted molar refractivity (Wildman–Crippen MR) is 158 cm³/mol. The SMILES string of the molecule is CC(C)C[C@H](NC(=O)[C@H](CC(N)=O)NC(=O)[C@H](CO)NC(=O)[C@H](C)NC(=O)CN)C(=O)N[C@@H](CCC(=O)O)C(=O)N[C@@H](CO)C(=O)O. The Hall–Kier alpha value is -4.89. The monoisotopic (exact) mass is 676 g/mol. The molecule has 14 N–H and O–H groups in total. The number of hydrogen-bond donors (Lipinski definition) is 12. The minimum atomic E-state index is -1.77. The van der Waals surface area contributed by atoms with Crippen LogP contribution in [0.2, 0.25) is 0 Å². The quantitative estimate of drug-likeness (QED) is 0.0508. The standard InChI is InChI=1S/C26H44N8O13/c1-11(2)6-14(23(43)30-13(4-5-20(39)40)22(42)34-17(10-36)26(46)47)31-24(44)15(7-18(28)37)32-25(45)16(9-35)33-21(41)12(3)29-19(38)8-27/h11-17,35-36H,4-10,27H2,1-3H3,(H2,28,37)(H,29,38)(H,30,43)(H,31,44)(H,32,45)(H,33,41)(H,34,42)(H,39,40)(H,46,47)/t12-,13-,14-,15-,16-,17-/m0/s1.